The standard InChI is InChI=1S/C18H30N6O/c1-2-6-14-11-23(13-17(25)24-9-4-3-5-10-24)12-15(14)21-16-7-8-20-18(19)22-16/h7-8,14-15H,2-6,9-13H2,1H3,(H3,19,20,21,22). The Kier molecular flexibility index (Phi) is 6.07. The highest BCUT2D eigenvalue weighted by molar-refractivity contribution is 5.78. The smallest absolute Gasteiger partial charge is 0.236 e. The summed E-state index contributed by atoms with van der Waals surface area (Å²) >= 11 is 0. The van der Waals surface area contributed by atoms with Gasteiger partial charge in [-0.1, -0.05) is 13.3 Å². The van der Waals surface area contributed by atoms with E-state index in [2.05, 4.69) is 27.1 Å². The molecule has 0 spiro atoms. The van der Waals surface area contributed by atoms with Crippen LogP contribution < -0.4 is 11.1 Å². The zero-order valence-corrected chi connectivity index (χ0v) is 15.2. The van der Waals surface area contributed by atoms with Gasteiger partial charge in [0, 0.05) is 38.4 Å². The van der Waals surface area contributed by atoms with Crippen LogP contribution in [-0.4, -0.2) is 64.4 Å². The highest BCUT2D eigenvalue weighted by atomic mass is 16.2. The van der Waals surface area contributed by atoms with Gasteiger partial charge >= 0.3 is 0 Å². The number of aromatic nitrogens is 2. The van der Waals surface area contributed by atoms with Crippen LogP contribution in [0, 0.1) is 5.92 Å². The maximum absolute atomic E-state index is 12.6. The second-order valence-electron chi connectivity index (χ2n) is 7.24. The fourth-order valence-electron chi connectivity index (χ4n) is 4.00. The quantitative estimate of drug-likeness (QED) is 0.813. The number of anilines is 2. The fraction of sp³-hybridized carbons (Fsp3) is 0.722. The summed E-state index contributed by atoms with van der Waals surface area (Å²) in [6.07, 6.45) is 7.49. The highest BCUT2D eigenvalue weighted by Crippen LogP contribution is 2.25. The predicted molar refractivity (Wildman–Crippen MR) is 99.1 cm³/mol. The minimum atomic E-state index is 0.280. The van der Waals surface area contributed by atoms with Gasteiger partial charge < -0.3 is 16.0 Å². The fourth-order valence-corrected chi connectivity index (χ4v) is 4.00. The van der Waals surface area contributed by atoms with Crippen LogP contribution in [0.4, 0.5) is 11.8 Å². The number of nitrogens with one attached hydrogen (secondary N) is 1. The summed E-state index contributed by atoms with van der Waals surface area (Å²) in [6, 6.07) is 2.14. The Bertz CT molecular complexity index is 574. The van der Waals surface area contributed by atoms with Gasteiger partial charge in [-0.3, -0.25) is 9.69 Å². The average molecular weight is 346 g/mol. The van der Waals surface area contributed by atoms with E-state index in [9.17, 15) is 4.79 Å². The molecule has 0 bridgehead atoms. The minimum absolute atomic E-state index is 0.280. The van der Waals surface area contributed by atoms with Crippen molar-refractivity contribution in [1.82, 2.24) is 19.8 Å². The molecule has 3 N–H and O–H groups in total. The molecule has 2 fully saturated rings. The van der Waals surface area contributed by atoms with Crippen molar-refractivity contribution in [1.29, 1.82) is 0 Å². The molecule has 2 aliphatic heterocycles. The Balaban J connectivity index is 1.58. The molecule has 3 heterocycles. The minimum Gasteiger partial charge on any atom is -0.368 e. The van der Waals surface area contributed by atoms with Crippen LogP contribution in [0.15, 0.2) is 12.3 Å². The molecular formula is C18H30N6O. The lowest BCUT2D eigenvalue weighted by Gasteiger charge is -2.28. The normalized spacial score (nSPS) is 24.4. The molecule has 0 saturated carbocycles. The number of hydrogen-bond acceptors (Lipinski definition) is 6. The number of nitrogen functional groups attached to an aromatic ring is 1. The van der Waals surface area contributed by atoms with E-state index in [-0.39, 0.29) is 11.9 Å². The van der Waals surface area contributed by atoms with Crippen molar-refractivity contribution in [2.75, 3.05) is 43.8 Å². The van der Waals surface area contributed by atoms with E-state index in [0.717, 1.165) is 57.7 Å². The van der Waals surface area contributed by atoms with Gasteiger partial charge in [-0.25, -0.2) is 4.98 Å². The van der Waals surface area contributed by atoms with Crippen LogP contribution in [0.3, 0.4) is 0 Å². The topological polar surface area (TPSA) is 87.4 Å². The van der Waals surface area contributed by atoms with E-state index in [1.54, 1.807) is 6.20 Å². The SMILES string of the molecule is CCCC1CN(CC(=O)N2CCCCC2)CC1Nc1ccnc(N)n1. The molecule has 138 valence electrons. The Labute approximate surface area is 150 Å². The van der Waals surface area contributed by atoms with Gasteiger partial charge in [0.15, 0.2) is 0 Å². The molecule has 7 heteroatoms. The molecule has 0 aromatic carbocycles. The molecule has 2 atom stereocenters. The first-order valence-electron chi connectivity index (χ1n) is 9.51. The van der Waals surface area contributed by atoms with Crippen molar-refractivity contribution in [2.45, 2.75) is 45.1 Å². The summed E-state index contributed by atoms with van der Waals surface area (Å²) in [7, 11) is 0. The summed E-state index contributed by atoms with van der Waals surface area (Å²) in [4.78, 5) is 25.1. The van der Waals surface area contributed by atoms with E-state index in [1.165, 1.54) is 6.42 Å². The summed E-state index contributed by atoms with van der Waals surface area (Å²) in [6.45, 7) is 6.42. The van der Waals surface area contributed by atoms with E-state index >= 15 is 0 Å². The summed E-state index contributed by atoms with van der Waals surface area (Å²) in [5, 5.41) is 3.50. The van der Waals surface area contributed by atoms with Crippen molar-refractivity contribution in [3.05, 3.63) is 12.3 Å². The van der Waals surface area contributed by atoms with E-state index in [4.69, 9.17) is 5.73 Å². The van der Waals surface area contributed by atoms with E-state index < -0.39 is 0 Å². The van der Waals surface area contributed by atoms with Crippen molar-refractivity contribution in [3.63, 3.8) is 0 Å². The Morgan fingerprint density at radius 3 is 2.84 bits per heavy atom. The third-order valence-corrected chi connectivity index (χ3v) is 5.25. The number of piperidine rings is 1. The third-order valence-electron chi connectivity index (χ3n) is 5.25. The number of carbonyl (C=O) groups is 1. The molecule has 0 radical (unpaired) electrons. The van der Waals surface area contributed by atoms with Crippen molar-refractivity contribution in [3.8, 4) is 0 Å². The molecule has 1 aromatic rings. The molecule has 0 aliphatic carbocycles. The first kappa shape index (κ1) is 17.9. The zero-order chi connectivity index (χ0) is 17.6. The number of amides is 1. The van der Waals surface area contributed by atoms with Crippen molar-refractivity contribution < 1.29 is 4.79 Å². The van der Waals surface area contributed by atoms with Gasteiger partial charge in [-0.15, -0.1) is 0 Å². The number of hydrogen-bond donors (Lipinski definition) is 2. The second kappa shape index (κ2) is 8.47. The maximum Gasteiger partial charge on any atom is 0.236 e. The number of nitrogens with zero attached hydrogens (tertiary/aromatic N) is 4. The Morgan fingerprint density at radius 1 is 1.32 bits per heavy atom. The summed E-state index contributed by atoms with van der Waals surface area (Å²) in [5.41, 5.74) is 5.68. The predicted octanol–water partition coefficient (Wildman–Crippen LogP) is 1.58. The van der Waals surface area contributed by atoms with E-state index in [1.807, 2.05) is 11.0 Å². The molecule has 3 rings (SSSR count). The lowest BCUT2D eigenvalue weighted by atomic mass is 9.98. The first-order valence-corrected chi connectivity index (χ1v) is 9.51. The number of nitrogens with two attached hydrogens (primary N) is 1. The number of likely N-dealkylation sites (tertiary alicyclic amines) is 2. The number of carbonyl (C=O) groups excluding carboxylic acids is 1. The van der Waals surface area contributed by atoms with Gasteiger partial charge in [-0.05, 0) is 37.7 Å². The molecular weight excluding hydrogens is 316 g/mol. The van der Waals surface area contributed by atoms with Crippen LogP contribution in [0.1, 0.15) is 39.0 Å². The van der Waals surface area contributed by atoms with Gasteiger partial charge in [-0.2, -0.15) is 4.98 Å². The summed E-state index contributed by atoms with van der Waals surface area (Å²) < 4.78 is 0. The molecule has 7 nitrogen and oxygen atoms in total. The van der Waals surface area contributed by atoms with Crippen LogP contribution in [0.2, 0.25) is 0 Å². The van der Waals surface area contributed by atoms with Gasteiger partial charge in [0.05, 0.1) is 6.54 Å². The lowest BCUT2D eigenvalue weighted by molar-refractivity contribution is -0.133. The first-order chi connectivity index (χ1) is 12.2. The second-order valence-corrected chi connectivity index (χ2v) is 7.24. The van der Waals surface area contributed by atoms with E-state index in [0.29, 0.717) is 18.5 Å². The maximum atomic E-state index is 12.6. The molecule has 1 aromatic heterocycles. The molecule has 25 heavy (non-hydrogen) atoms. The lowest BCUT2D eigenvalue weighted by Crippen LogP contribution is -2.42. The monoisotopic (exact) mass is 346 g/mol. The number of rotatable bonds is 6. The van der Waals surface area contributed by atoms with Gasteiger partial charge in [0.1, 0.15) is 5.82 Å². The molecule has 2 unspecified atom stereocenters. The molecule has 1 amide bonds. The highest BCUT2D eigenvalue weighted by Gasteiger charge is 2.34. The zero-order valence-electron chi connectivity index (χ0n) is 15.2. The largest absolute Gasteiger partial charge is 0.368 e. The van der Waals surface area contributed by atoms with Crippen LogP contribution in [0.5, 0.6) is 0 Å². The molecule has 2 saturated heterocycles. The average Bonchev–Trinajstić information content (AvgIpc) is 2.97. The van der Waals surface area contributed by atoms with Gasteiger partial charge in [0.2, 0.25) is 11.9 Å². The van der Waals surface area contributed by atoms with Crippen molar-refractivity contribution in [2.24, 2.45) is 5.92 Å². The van der Waals surface area contributed by atoms with Crippen LogP contribution >= 0.6 is 0 Å². The Morgan fingerprint density at radius 2 is 2.12 bits per heavy atom. The van der Waals surface area contributed by atoms with Crippen molar-refractivity contribution >= 4 is 17.7 Å². The van der Waals surface area contributed by atoms with Crippen LogP contribution in [0.25, 0.3) is 0 Å². The Hall–Kier alpha value is -1.89. The van der Waals surface area contributed by atoms with Gasteiger partial charge in [0.25, 0.3) is 0 Å². The van der Waals surface area contributed by atoms with Crippen LogP contribution in [-0.2, 0) is 4.79 Å². The molecule has 2 aliphatic rings. The third kappa shape index (κ3) is 4.81. The summed E-state index contributed by atoms with van der Waals surface area (Å²) in [5.74, 6) is 1.85.